The van der Waals surface area contributed by atoms with Gasteiger partial charge in [-0.15, -0.1) is 0 Å². The minimum Gasteiger partial charge on any atom is -0.297 e. The minimum atomic E-state index is -0.242. The number of benzene rings is 1. The molecule has 3 aromatic rings. The summed E-state index contributed by atoms with van der Waals surface area (Å²) >= 11 is 0. The zero-order chi connectivity index (χ0) is 20.2. The van der Waals surface area contributed by atoms with Crippen LogP contribution in [0.5, 0.6) is 0 Å². The summed E-state index contributed by atoms with van der Waals surface area (Å²) in [6.07, 6.45) is 5.15. The molecule has 1 aliphatic heterocycles. The number of aromatic nitrogens is 4. The lowest BCUT2D eigenvalue weighted by atomic mass is 9.99. The first-order valence-electron chi connectivity index (χ1n) is 10.4. The van der Waals surface area contributed by atoms with E-state index in [4.69, 9.17) is 10.1 Å². The fourth-order valence-electron chi connectivity index (χ4n) is 4.01. The number of nitrogens with zero attached hydrogens (tertiary/aromatic N) is 5. The highest BCUT2D eigenvalue weighted by atomic mass is 19.1. The van der Waals surface area contributed by atoms with Crippen molar-refractivity contribution in [1.82, 2.24) is 24.6 Å². The van der Waals surface area contributed by atoms with Gasteiger partial charge in [-0.05, 0) is 82.6 Å². The van der Waals surface area contributed by atoms with E-state index in [0.717, 1.165) is 56.0 Å². The van der Waals surface area contributed by atoms with E-state index < -0.39 is 0 Å². The van der Waals surface area contributed by atoms with Crippen molar-refractivity contribution in [3.63, 3.8) is 0 Å². The molecule has 3 heterocycles. The molecule has 1 saturated heterocycles. The quantitative estimate of drug-likeness (QED) is 0.623. The summed E-state index contributed by atoms with van der Waals surface area (Å²) in [4.78, 5) is 11.9. The highest BCUT2D eigenvalue weighted by Gasteiger charge is 2.25. The van der Waals surface area contributed by atoms with Crippen LogP contribution in [0, 0.1) is 5.82 Å². The molecule has 2 aromatic heterocycles. The monoisotopic (exact) mass is 393 g/mol. The Hall–Kier alpha value is -2.60. The van der Waals surface area contributed by atoms with E-state index in [2.05, 4.69) is 34.5 Å². The number of halogens is 1. The second kappa shape index (κ2) is 8.82. The summed E-state index contributed by atoms with van der Waals surface area (Å²) in [6, 6.07) is 12.8. The van der Waals surface area contributed by atoms with Crippen LogP contribution in [0.15, 0.2) is 48.7 Å². The van der Waals surface area contributed by atoms with Crippen LogP contribution in [-0.4, -0.2) is 37.7 Å². The summed E-state index contributed by atoms with van der Waals surface area (Å²) in [5.41, 5.74) is 1.98. The van der Waals surface area contributed by atoms with Crippen molar-refractivity contribution in [3.05, 3.63) is 66.0 Å². The molecule has 0 aliphatic carbocycles. The molecule has 1 atom stereocenters. The van der Waals surface area contributed by atoms with Gasteiger partial charge in [0.1, 0.15) is 11.6 Å². The Morgan fingerprint density at radius 3 is 2.62 bits per heavy atom. The number of hydrogen-bond donors (Lipinski definition) is 0. The zero-order valence-corrected chi connectivity index (χ0v) is 17.1. The summed E-state index contributed by atoms with van der Waals surface area (Å²) < 4.78 is 15.3. The first kappa shape index (κ1) is 19.7. The van der Waals surface area contributed by atoms with E-state index in [1.54, 1.807) is 12.1 Å². The molecule has 0 spiro atoms. The first-order chi connectivity index (χ1) is 14.1. The van der Waals surface area contributed by atoms with Crippen molar-refractivity contribution in [3.8, 4) is 11.4 Å². The van der Waals surface area contributed by atoms with Gasteiger partial charge in [-0.3, -0.25) is 9.88 Å². The van der Waals surface area contributed by atoms with Gasteiger partial charge in [-0.2, -0.15) is 5.10 Å². The van der Waals surface area contributed by atoms with Crippen molar-refractivity contribution in [2.24, 2.45) is 0 Å². The average molecular weight is 394 g/mol. The molecule has 0 amide bonds. The molecule has 0 saturated carbocycles. The maximum atomic E-state index is 13.3. The van der Waals surface area contributed by atoms with Crippen molar-refractivity contribution >= 4 is 0 Å². The summed E-state index contributed by atoms with van der Waals surface area (Å²) in [5.74, 6) is 1.88. The molecule has 0 bridgehead atoms. The van der Waals surface area contributed by atoms with Gasteiger partial charge in [-0.1, -0.05) is 6.07 Å². The van der Waals surface area contributed by atoms with E-state index in [9.17, 15) is 4.39 Å². The Labute approximate surface area is 171 Å². The Morgan fingerprint density at radius 1 is 1.07 bits per heavy atom. The average Bonchev–Trinajstić information content (AvgIpc) is 3.04. The van der Waals surface area contributed by atoms with Crippen molar-refractivity contribution in [2.75, 3.05) is 13.1 Å². The minimum absolute atomic E-state index is 0.236. The van der Waals surface area contributed by atoms with Gasteiger partial charge >= 0.3 is 0 Å². The molecular formula is C23H28FN5. The second-order valence-electron chi connectivity index (χ2n) is 8.06. The number of rotatable bonds is 5. The number of likely N-dealkylation sites (tertiary alicyclic amines) is 1. The Kier molecular flexibility index (Phi) is 6.00. The maximum absolute atomic E-state index is 13.3. The lowest BCUT2D eigenvalue weighted by Gasteiger charge is -2.20. The van der Waals surface area contributed by atoms with Crippen LogP contribution in [0.2, 0.25) is 0 Å². The third kappa shape index (κ3) is 4.70. The first-order valence-corrected chi connectivity index (χ1v) is 10.4. The SMILES string of the molecule is CC(C)n1nc(-c2ccc(F)cc2)nc1C1CCCN(Cc2ccccn2)CC1. The van der Waals surface area contributed by atoms with Gasteiger partial charge in [0.2, 0.25) is 0 Å². The fourth-order valence-corrected chi connectivity index (χ4v) is 4.01. The summed E-state index contributed by atoms with van der Waals surface area (Å²) in [7, 11) is 0. The maximum Gasteiger partial charge on any atom is 0.181 e. The van der Waals surface area contributed by atoms with Crippen molar-refractivity contribution in [1.29, 1.82) is 0 Å². The molecule has 1 aromatic carbocycles. The fraction of sp³-hybridized carbons (Fsp3) is 0.435. The number of pyridine rings is 1. The lowest BCUT2D eigenvalue weighted by Crippen LogP contribution is -2.24. The zero-order valence-electron chi connectivity index (χ0n) is 17.1. The lowest BCUT2D eigenvalue weighted by molar-refractivity contribution is 0.272. The van der Waals surface area contributed by atoms with E-state index >= 15 is 0 Å². The molecule has 0 radical (unpaired) electrons. The molecule has 0 N–H and O–H groups in total. The molecule has 1 aliphatic rings. The van der Waals surface area contributed by atoms with Crippen LogP contribution in [0.3, 0.4) is 0 Å². The van der Waals surface area contributed by atoms with Crippen LogP contribution in [0.25, 0.3) is 11.4 Å². The highest BCUT2D eigenvalue weighted by Crippen LogP contribution is 2.30. The Morgan fingerprint density at radius 2 is 1.90 bits per heavy atom. The summed E-state index contributed by atoms with van der Waals surface area (Å²) in [5, 5.41) is 4.76. The molecule has 152 valence electrons. The molecule has 1 unspecified atom stereocenters. The van der Waals surface area contributed by atoms with Crippen LogP contribution in [0.1, 0.15) is 56.6 Å². The van der Waals surface area contributed by atoms with Crippen LogP contribution in [-0.2, 0) is 6.54 Å². The molecular weight excluding hydrogens is 365 g/mol. The van der Waals surface area contributed by atoms with Crippen molar-refractivity contribution in [2.45, 2.75) is 51.6 Å². The number of hydrogen-bond acceptors (Lipinski definition) is 4. The third-order valence-corrected chi connectivity index (χ3v) is 5.55. The van der Waals surface area contributed by atoms with Gasteiger partial charge in [0.15, 0.2) is 5.82 Å². The standard InChI is InChI=1S/C23H28FN5/c1-17(2)29-23(26-22(27-29)18-8-10-20(24)11-9-18)19-6-5-14-28(15-12-19)16-21-7-3-4-13-25-21/h3-4,7-11,13,17,19H,5-6,12,14-16H2,1-2H3. The molecule has 29 heavy (non-hydrogen) atoms. The van der Waals surface area contributed by atoms with Gasteiger partial charge < -0.3 is 0 Å². The normalized spacial score (nSPS) is 18.1. The molecule has 4 rings (SSSR count). The summed E-state index contributed by atoms with van der Waals surface area (Å²) in [6.45, 7) is 7.27. The van der Waals surface area contributed by atoms with Gasteiger partial charge in [0, 0.05) is 30.3 Å². The van der Waals surface area contributed by atoms with E-state index in [1.165, 1.54) is 12.1 Å². The third-order valence-electron chi connectivity index (χ3n) is 5.55. The molecule has 5 nitrogen and oxygen atoms in total. The van der Waals surface area contributed by atoms with E-state index in [-0.39, 0.29) is 11.9 Å². The van der Waals surface area contributed by atoms with Gasteiger partial charge in [0.05, 0.1) is 5.69 Å². The topological polar surface area (TPSA) is 46.8 Å². The largest absolute Gasteiger partial charge is 0.297 e. The van der Waals surface area contributed by atoms with Gasteiger partial charge in [-0.25, -0.2) is 14.1 Å². The Balaban J connectivity index is 1.52. The van der Waals surface area contributed by atoms with Crippen LogP contribution in [0.4, 0.5) is 4.39 Å². The smallest absolute Gasteiger partial charge is 0.181 e. The highest BCUT2D eigenvalue weighted by molar-refractivity contribution is 5.54. The molecule has 6 heteroatoms. The van der Waals surface area contributed by atoms with Gasteiger partial charge in [0.25, 0.3) is 0 Å². The van der Waals surface area contributed by atoms with Crippen LogP contribution < -0.4 is 0 Å². The predicted molar refractivity (Wildman–Crippen MR) is 112 cm³/mol. The van der Waals surface area contributed by atoms with E-state index in [1.807, 2.05) is 18.3 Å². The van der Waals surface area contributed by atoms with E-state index in [0.29, 0.717) is 11.7 Å². The van der Waals surface area contributed by atoms with Crippen molar-refractivity contribution < 1.29 is 4.39 Å². The van der Waals surface area contributed by atoms with Crippen LogP contribution >= 0.6 is 0 Å². The predicted octanol–water partition coefficient (Wildman–Crippen LogP) is 4.83. The molecule has 1 fully saturated rings. The second-order valence-corrected chi connectivity index (χ2v) is 8.06. The Bertz CT molecular complexity index is 920.